The van der Waals surface area contributed by atoms with Crippen molar-refractivity contribution in [3.05, 3.63) is 206 Å². The van der Waals surface area contributed by atoms with Gasteiger partial charge in [-0.25, -0.2) is 9.97 Å². The Hall–Kier alpha value is -7.88. The number of para-hydroxylation sites is 1. The highest BCUT2D eigenvalue weighted by atomic mass is 16.3. The molecule has 0 fully saturated rings. The first-order valence-electron chi connectivity index (χ1n) is 20.1. The van der Waals surface area contributed by atoms with Gasteiger partial charge >= 0.3 is 0 Å². The predicted molar refractivity (Wildman–Crippen MR) is 247 cm³/mol. The number of aromatic nitrogens is 2. The standard InChI is InChI=1S/C56H34N2O/c1-2-16-36(17-3-1)56-57-50(43-24-11-10-23-42(43)45-26-14-28-53-55(45)48-25-12-13-27-52(48)59-53)34-51(58-56)44-31-32-46(41-22-9-8-21-40(41)44)54-39-20-7-5-18-37(39)33-49-38-19-6-4-15-35(38)29-30-47(49)54/h1-34H. The minimum absolute atomic E-state index is 0.681. The molecule has 10 aromatic carbocycles. The summed E-state index contributed by atoms with van der Waals surface area (Å²) in [5.41, 5.74) is 11.2. The Morgan fingerprint density at radius 2 is 0.898 bits per heavy atom. The molecule has 2 aromatic heterocycles. The van der Waals surface area contributed by atoms with Gasteiger partial charge in [0.15, 0.2) is 5.82 Å². The predicted octanol–water partition coefficient (Wildman–Crippen LogP) is 15.3. The van der Waals surface area contributed by atoms with Gasteiger partial charge in [0.1, 0.15) is 11.2 Å². The molecule has 59 heavy (non-hydrogen) atoms. The zero-order chi connectivity index (χ0) is 38.9. The van der Waals surface area contributed by atoms with E-state index in [1.807, 2.05) is 30.3 Å². The maximum atomic E-state index is 6.34. The SMILES string of the molecule is c1ccc(-c2nc(-c3ccccc3-c3cccc4oc5ccccc5c34)cc(-c3ccc(-c4c5ccccc5cc5c4ccc4ccccc45)c4ccccc34)n2)cc1. The summed E-state index contributed by atoms with van der Waals surface area (Å²) in [6.07, 6.45) is 0. The van der Waals surface area contributed by atoms with Gasteiger partial charge < -0.3 is 4.42 Å². The van der Waals surface area contributed by atoms with Gasteiger partial charge in [0.25, 0.3) is 0 Å². The van der Waals surface area contributed by atoms with E-state index in [4.69, 9.17) is 14.4 Å². The van der Waals surface area contributed by atoms with E-state index in [2.05, 4.69) is 176 Å². The normalized spacial score (nSPS) is 11.7. The molecule has 274 valence electrons. The van der Waals surface area contributed by atoms with Gasteiger partial charge in [-0.2, -0.15) is 0 Å². The molecule has 3 nitrogen and oxygen atoms in total. The summed E-state index contributed by atoms with van der Waals surface area (Å²) in [4.78, 5) is 10.7. The first-order chi connectivity index (χ1) is 29.3. The third kappa shape index (κ3) is 5.36. The van der Waals surface area contributed by atoms with Crippen molar-refractivity contribution >= 4 is 65.0 Å². The van der Waals surface area contributed by atoms with Crippen LogP contribution >= 0.6 is 0 Å². The number of rotatable bonds is 5. The zero-order valence-corrected chi connectivity index (χ0v) is 31.9. The first-order valence-corrected chi connectivity index (χ1v) is 20.1. The van der Waals surface area contributed by atoms with Gasteiger partial charge in [-0.3, -0.25) is 0 Å². The molecule has 0 saturated carbocycles. The Morgan fingerprint density at radius 3 is 1.73 bits per heavy atom. The van der Waals surface area contributed by atoms with Crippen LogP contribution in [0.1, 0.15) is 0 Å². The van der Waals surface area contributed by atoms with Crippen molar-refractivity contribution in [2.75, 3.05) is 0 Å². The average molecular weight is 751 g/mol. The molecular weight excluding hydrogens is 717 g/mol. The number of nitrogens with zero attached hydrogens (tertiary/aromatic N) is 2. The molecule has 12 aromatic rings. The number of benzene rings is 10. The third-order valence-electron chi connectivity index (χ3n) is 11.9. The molecule has 0 N–H and O–H groups in total. The monoisotopic (exact) mass is 750 g/mol. The lowest BCUT2D eigenvalue weighted by atomic mass is 9.86. The first kappa shape index (κ1) is 33.3. The minimum atomic E-state index is 0.681. The van der Waals surface area contributed by atoms with Crippen LogP contribution in [0, 0.1) is 0 Å². The number of fused-ring (bicyclic) bond motifs is 8. The molecule has 0 aliphatic carbocycles. The fourth-order valence-corrected chi connectivity index (χ4v) is 9.23. The molecule has 0 radical (unpaired) electrons. The Kier molecular flexibility index (Phi) is 7.54. The van der Waals surface area contributed by atoms with Crippen LogP contribution in [0.5, 0.6) is 0 Å². The van der Waals surface area contributed by atoms with Crippen LogP contribution in [0.15, 0.2) is 211 Å². The third-order valence-corrected chi connectivity index (χ3v) is 11.9. The highest BCUT2D eigenvalue weighted by Gasteiger charge is 2.20. The van der Waals surface area contributed by atoms with Crippen molar-refractivity contribution in [1.82, 2.24) is 9.97 Å². The summed E-state index contributed by atoms with van der Waals surface area (Å²) in [7, 11) is 0. The van der Waals surface area contributed by atoms with Crippen molar-refractivity contribution in [1.29, 1.82) is 0 Å². The van der Waals surface area contributed by atoms with E-state index >= 15 is 0 Å². The Morgan fingerprint density at radius 1 is 0.305 bits per heavy atom. The maximum Gasteiger partial charge on any atom is 0.160 e. The largest absolute Gasteiger partial charge is 0.456 e. The Bertz CT molecular complexity index is 3620. The molecule has 2 heterocycles. The molecule has 3 heteroatoms. The van der Waals surface area contributed by atoms with Crippen LogP contribution < -0.4 is 0 Å². The van der Waals surface area contributed by atoms with Crippen molar-refractivity contribution in [3.8, 4) is 56.2 Å². The lowest BCUT2D eigenvalue weighted by Crippen LogP contribution is -1.98. The quantitative estimate of drug-likeness (QED) is 0.130. The van der Waals surface area contributed by atoms with Crippen LogP contribution in [0.2, 0.25) is 0 Å². The topological polar surface area (TPSA) is 38.9 Å². The van der Waals surface area contributed by atoms with Crippen molar-refractivity contribution in [2.45, 2.75) is 0 Å². The fraction of sp³-hybridized carbons (Fsp3) is 0. The van der Waals surface area contributed by atoms with Gasteiger partial charge in [-0.15, -0.1) is 0 Å². The summed E-state index contributed by atoms with van der Waals surface area (Å²) >= 11 is 0. The molecule has 0 aliphatic heterocycles. The van der Waals surface area contributed by atoms with Crippen LogP contribution in [-0.2, 0) is 0 Å². The zero-order valence-electron chi connectivity index (χ0n) is 31.9. The van der Waals surface area contributed by atoms with Crippen LogP contribution in [-0.4, -0.2) is 9.97 Å². The second kappa shape index (κ2) is 13.4. The number of hydrogen-bond donors (Lipinski definition) is 0. The molecular formula is C56H34N2O. The molecule has 0 bridgehead atoms. The van der Waals surface area contributed by atoms with Crippen molar-refractivity contribution in [3.63, 3.8) is 0 Å². The second-order valence-electron chi connectivity index (χ2n) is 15.2. The summed E-state index contributed by atoms with van der Waals surface area (Å²) < 4.78 is 6.34. The summed E-state index contributed by atoms with van der Waals surface area (Å²) in [5, 5.41) is 12.0. The average Bonchev–Trinajstić information content (AvgIpc) is 3.70. The number of furan rings is 1. The van der Waals surface area contributed by atoms with E-state index in [0.29, 0.717) is 5.82 Å². The maximum absolute atomic E-state index is 6.34. The van der Waals surface area contributed by atoms with Gasteiger partial charge in [0.05, 0.1) is 11.4 Å². The smallest absolute Gasteiger partial charge is 0.160 e. The van der Waals surface area contributed by atoms with E-state index in [1.165, 1.54) is 48.8 Å². The van der Waals surface area contributed by atoms with Gasteiger partial charge in [-0.05, 0) is 89.6 Å². The highest BCUT2D eigenvalue weighted by Crippen LogP contribution is 2.45. The minimum Gasteiger partial charge on any atom is -0.456 e. The Labute approximate surface area is 340 Å². The van der Waals surface area contributed by atoms with Crippen LogP contribution in [0.25, 0.3) is 121 Å². The molecule has 0 atom stereocenters. The van der Waals surface area contributed by atoms with E-state index in [0.717, 1.165) is 66.5 Å². The Balaban J connectivity index is 1.10. The lowest BCUT2D eigenvalue weighted by molar-refractivity contribution is 0.669. The van der Waals surface area contributed by atoms with Crippen LogP contribution in [0.3, 0.4) is 0 Å². The molecule has 0 saturated heterocycles. The lowest BCUT2D eigenvalue weighted by Gasteiger charge is -2.18. The summed E-state index contributed by atoms with van der Waals surface area (Å²) in [6.45, 7) is 0. The van der Waals surface area contributed by atoms with E-state index in [-0.39, 0.29) is 0 Å². The molecule has 0 amide bonds. The van der Waals surface area contributed by atoms with E-state index in [1.54, 1.807) is 0 Å². The summed E-state index contributed by atoms with van der Waals surface area (Å²) in [5.74, 6) is 0.681. The van der Waals surface area contributed by atoms with Crippen LogP contribution in [0.4, 0.5) is 0 Å². The highest BCUT2D eigenvalue weighted by molar-refractivity contribution is 6.23. The van der Waals surface area contributed by atoms with E-state index in [9.17, 15) is 0 Å². The van der Waals surface area contributed by atoms with Gasteiger partial charge in [-0.1, -0.05) is 182 Å². The second-order valence-corrected chi connectivity index (χ2v) is 15.2. The fourth-order valence-electron chi connectivity index (χ4n) is 9.23. The van der Waals surface area contributed by atoms with Crippen molar-refractivity contribution < 1.29 is 4.42 Å². The molecule has 0 spiro atoms. The van der Waals surface area contributed by atoms with Gasteiger partial charge in [0, 0.05) is 27.5 Å². The van der Waals surface area contributed by atoms with Crippen molar-refractivity contribution in [2.24, 2.45) is 0 Å². The van der Waals surface area contributed by atoms with E-state index < -0.39 is 0 Å². The molecule has 0 aliphatic rings. The molecule has 0 unspecified atom stereocenters. The molecule has 12 rings (SSSR count). The van der Waals surface area contributed by atoms with Gasteiger partial charge in [0.2, 0.25) is 0 Å². The number of hydrogen-bond acceptors (Lipinski definition) is 3. The summed E-state index contributed by atoms with van der Waals surface area (Å²) in [6, 6.07) is 73.3.